The first-order valence-electron chi connectivity index (χ1n) is 4.90. The Morgan fingerprint density at radius 2 is 2.12 bits per heavy atom. The lowest BCUT2D eigenvalue weighted by Gasteiger charge is -2.19. The summed E-state index contributed by atoms with van der Waals surface area (Å²) in [5.74, 6) is -0.726. The van der Waals surface area contributed by atoms with E-state index in [0.29, 0.717) is 0 Å². The molecule has 0 fully saturated rings. The molecule has 0 aromatic carbocycles. The van der Waals surface area contributed by atoms with Crippen molar-refractivity contribution in [3.8, 4) is 0 Å². The standard InChI is InChI=1S/C11H15FN2O2/c1-7-5-8(9(12)13-6-7)14-10(15)16-11(2,3)4/h5-6H,1-4H3,(H,14,15). The van der Waals surface area contributed by atoms with Crippen LogP contribution in [0.3, 0.4) is 0 Å². The zero-order chi connectivity index (χ0) is 12.3. The molecule has 1 amide bonds. The van der Waals surface area contributed by atoms with E-state index in [1.165, 1.54) is 12.3 Å². The van der Waals surface area contributed by atoms with Crippen LogP contribution in [0.2, 0.25) is 0 Å². The van der Waals surface area contributed by atoms with Gasteiger partial charge < -0.3 is 4.74 Å². The van der Waals surface area contributed by atoms with Crippen molar-refractivity contribution < 1.29 is 13.9 Å². The predicted molar refractivity (Wildman–Crippen MR) is 58.8 cm³/mol. The largest absolute Gasteiger partial charge is 0.444 e. The number of nitrogens with zero attached hydrogens (tertiary/aromatic N) is 1. The van der Waals surface area contributed by atoms with Gasteiger partial charge in [-0.2, -0.15) is 4.39 Å². The molecule has 1 heterocycles. The van der Waals surface area contributed by atoms with Crippen molar-refractivity contribution in [2.75, 3.05) is 5.32 Å². The quantitative estimate of drug-likeness (QED) is 0.749. The van der Waals surface area contributed by atoms with E-state index in [1.807, 2.05) is 0 Å². The number of hydrogen-bond acceptors (Lipinski definition) is 3. The molecule has 0 aliphatic rings. The van der Waals surface area contributed by atoms with Crippen LogP contribution < -0.4 is 5.32 Å². The molecule has 0 aliphatic heterocycles. The Bertz CT molecular complexity index is 399. The van der Waals surface area contributed by atoms with Crippen molar-refractivity contribution in [2.24, 2.45) is 0 Å². The summed E-state index contributed by atoms with van der Waals surface area (Å²) in [5, 5.41) is 2.31. The number of rotatable bonds is 1. The average Bonchev–Trinajstić information content (AvgIpc) is 2.08. The van der Waals surface area contributed by atoms with Gasteiger partial charge in [0.1, 0.15) is 5.60 Å². The third-order valence-electron chi connectivity index (χ3n) is 1.61. The van der Waals surface area contributed by atoms with E-state index in [-0.39, 0.29) is 5.69 Å². The van der Waals surface area contributed by atoms with Crippen molar-refractivity contribution in [2.45, 2.75) is 33.3 Å². The maximum atomic E-state index is 13.2. The molecule has 1 aromatic rings. The van der Waals surface area contributed by atoms with E-state index < -0.39 is 17.6 Å². The first-order valence-corrected chi connectivity index (χ1v) is 4.90. The van der Waals surface area contributed by atoms with Crippen LogP contribution in [0.5, 0.6) is 0 Å². The summed E-state index contributed by atoms with van der Waals surface area (Å²) in [5.41, 5.74) is 0.166. The van der Waals surface area contributed by atoms with Gasteiger partial charge in [0.2, 0.25) is 5.95 Å². The van der Waals surface area contributed by atoms with Gasteiger partial charge in [-0.25, -0.2) is 9.78 Å². The average molecular weight is 226 g/mol. The zero-order valence-electron chi connectivity index (χ0n) is 9.80. The van der Waals surface area contributed by atoms with Gasteiger partial charge in [0.25, 0.3) is 0 Å². The van der Waals surface area contributed by atoms with Gasteiger partial charge in [-0.3, -0.25) is 5.32 Å². The molecule has 0 bridgehead atoms. The minimum atomic E-state index is -0.726. The Balaban J connectivity index is 2.73. The molecule has 0 spiro atoms. The van der Waals surface area contributed by atoms with Crippen molar-refractivity contribution in [1.82, 2.24) is 4.98 Å². The third-order valence-corrected chi connectivity index (χ3v) is 1.61. The number of pyridine rings is 1. The van der Waals surface area contributed by atoms with Gasteiger partial charge in [0.05, 0.1) is 5.69 Å². The number of aromatic nitrogens is 1. The smallest absolute Gasteiger partial charge is 0.412 e. The molecule has 1 N–H and O–H groups in total. The molecule has 0 saturated heterocycles. The summed E-state index contributed by atoms with van der Waals surface area (Å²) < 4.78 is 18.2. The summed E-state index contributed by atoms with van der Waals surface area (Å²) >= 11 is 0. The number of hydrogen-bond donors (Lipinski definition) is 1. The van der Waals surface area contributed by atoms with Crippen LogP contribution >= 0.6 is 0 Å². The molecule has 4 nitrogen and oxygen atoms in total. The highest BCUT2D eigenvalue weighted by atomic mass is 19.1. The van der Waals surface area contributed by atoms with E-state index in [9.17, 15) is 9.18 Å². The summed E-state index contributed by atoms with van der Waals surface area (Å²) in [6.45, 7) is 6.96. The molecule has 0 unspecified atom stereocenters. The lowest BCUT2D eigenvalue weighted by molar-refractivity contribution is 0.0635. The number of anilines is 1. The molecular weight excluding hydrogens is 211 g/mol. The SMILES string of the molecule is Cc1cnc(F)c(NC(=O)OC(C)(C)C)c1. The van der Waals surface area contributed by atoms with Crippen molar-refractivity contribution in [3.63, 3.8) is 0 Å². The molecular formula is C11H15FN2O2. The number of halogens is 1. The highest BCUT2D eigenvalue weighted by Crippen LogP contribution is 2.15. The summed E-state index contributed by atoms with van der Waals surface area (Å²) in [4.78, 5) is 14.9. The minimum absolute atomic E-state index is 0.0225. The lowest BCUT2D eigenvalue weighted by Crippen LogP contribution is -2.27. The molecule has 0 aliphatic carbocycles. The second kappa shape index (κ2) is 4.47. The summed E-state index contributed by atoms with van der Waals surface area (Å²) in [6, 6.07) is 1.49. The molecule has 88 valence electrons. The minimum Gasteiger partial charge on any atom is -0.444 e. The maximum absolute atomic E-state index is 13.2. The van der Waals surface area contributed by atoms with Crippen LogP contribution in [0, 0.1) is 12.9 Å². The Labute approximate surface area is 93.8 Å². The fourth-order valence-electron chi connectivity index (χ4n) is 1.05. The van der Waals surface area contributed by atoms with Crippen LogP contribution in [0.15, 0.2) is 12.3 Å². The van der Waals surface area contributed by atoms with Gasteiger partial charge in [-0.05, 0) is 39.3 Å². The fraction of sp³-hybridized carbons (Fsp3) is 0.455. The molecule has 5 heteroatoms. The number of amides is 1. The second-order valence-corrected chi connectivity index (χ2v) is 4.48. The van der Waals surface area contributed by atoms with Crippen molar-refractivity contribution >= 4 is 11.8 Å². The molecule has 16 heavy (non-hydrogen) atoms. The van der Waals surface area contributed by atoms with Crippen LogP contribution in [0.25, 0.3) is 0 Å². The fourth-order valence-corrected chi connectivity index (χ4v) is 1.05. The van der Waals surface area contributed by atoms with Crippen LogP contribution in [0.4, 0.5) is 14.9 Å². The zero-order valence-corrected chi connectivity index (χ0v) is 9.80. The topological polar surface area (TPSA) is 51.2 Å². The second-order valence-electron chi connectivity index (χ2n) is 4.48. The first kappa shape index (κ1) is 12.4. The lowest BCUT2D eigenvalue weighted by atomic mass is 10.2. The molecule has 1 aromatic heterocycles. The Morgan fingerprint density at radius 3 is 2.69 bits per heavy atom. The van der Waals surface area contributed by atoms with E-state index >= 15 is 0 Å². The van der Waals surface area contributed by atoms with Gasteiger partial charge in [-0.1, -0.05) is 0 Å². The van der Waals surface area contributed by atoms with E-state index in [2.05, 4.69) is 10.3 Å². The highest BCUT2D eigenvalue weighted by molar-refractivity contribution is 5.84. The van der Waals surface area contributed by atoms with E-state index in [4.69, 9.17) is 4.74 Å². The third kappa shape index (κ3) is 3.84. The van der Waals surface area contributed by atoms with E-state index in [0.717, 1.165) is 5.56 Å². The normalized spacial score (nSPS) is 11.1. The number of aryl methyl sites for hydroxylation is 1. The maximum Gasteiger partial charge on any atom is 0.412 e. The number of carbonyl (C=O) groups is 1. The number of nitrogens with one attached hydrogen (secondary N) is 1. The molecule has 0 radical (unpaired) electrons. The van der Waals surface area contributed by atoms with Gasteiger partial charge in [0.15, 0.2) is 0 Å². The van der Waals surface area contributed by atoms with Gasteiger partial charge in [-0.15, -0.1) is 0 Å². The van der Waals surface area contributed by atoms with Crippen LogP contribution in [0.1, 0.15) is 26.3 Å². The van der Waals surface area contributed by atoms with Crippen LogP contribution in [-0.2, 0) is 4.74 Å². The van der Waals surface area contributed by atoms with Crippen LogP contribution in [-0.4, -0.2) is 16.7 Å². The first-order chi connectivity index (χ1) is 7.28. The van der Waals surface area contributed by atoms with Gasteiger partial charge >= 0.3 is 6.09 Å². The summed E-state index contributed by atoms with van der Waals surface area (Å²) in [6.07, 6.45) is 0.689. The Morgan fingerprint density at radius 1 is 1.50 bits per heavy atom. The van der Waals surface area contributed by atoms with E-state index in [1.54, 1.807) is 27.7 Å². The molecule has 0 saturated carbocycles. The Hall–Kier alpha value is -1.65. The van der Waals surface area contributed by atoms with Crippen molar-refractivity contribution in [3.05, 3.63) is 23.8 Å². The number of ether oxygens (including phenoxy) is 1. The predicted octanol–water partition coefficient (Wildman–Crippen LogP) is 2.88. The summed E-state index contributed by atoms with van der Waals surface area (Å²) in [7, 11) is 0. The highest BCUT2D eigenvalue weighted by Gasteiger charge is 2.17. The Kier molecular flexibility index (Phi) is 3.47. The van der Waals surface area contributed by atoms with Crippen molar-refractivity contribution in [1.29, 1.82) is 0 Å². The monoisotopic (exact) mass is 226 g/mol. The molecule has 0 atom stereocenters. The molecule has 1 rings (SSSR count). The number of carbonyl (C=O) groups excluding carboxylic acids is 1. The van der Waals surface area contributed by atoms with Gasteiger partial charge in [0, 0.05) is 6.20 Å².